The fourth-order valence-electron chi connectivity index (χ4n) is 3.07. The van der Waals surface area contributed by atoms with Crippen molar-refractivity contribution in [1.82, 2.24) is 10.2 Å². The van der Waals surface area contributed by atoms with Gasteiger partial charge in [-0.1, -0.05) is 23.9 Å². The number of nitrogens with two attached hydrogens (primary N) is 1. The molecule has 0 bridgehead atoms. The highest BCUT2D eigenvalue weighted by Crippen LogP contribution is 2.47. The topological polar surface area (TPSA) is 126 Å². The van der Waals surface area contributed by atoms with Gasteiger partial charge < -0.3 is 15.8 Å². The first-order valence-electron chi connectivity index (χ1n) is 8.27. The Bertz CT molecular complexity index is 1050. The highest BCUT2D eigenvalue weighted by atomic mass is 32.2. The molecular weight excluding hydrogens is 399 g/mol. The second-order valence-corrected chi connectivity index (χ2v) is 7.00. The average molecular weight is 414 g/mol. The lowest BCUT2D eigenvalue weighted by Crippen LogP contribution is -2.42. The third kappa shape index (κ3) is 3.36. The van der Waals surface area contributed by atoms with Crippen molar-refractivity contribution in [1.29, 1.82) is 5.26 Å². The minimum Gasteiger partial charge on any atom is -0.465 e. The summed E-state index contributed by atoms with van der Waals surface area (Å²) in [7, 11) is 2.56. The zero-order valence-corrected chi connectivity index (χ0v) is 16.2. The van der Waals surface area contributed by atoms with Gasteiger partial charge in [0.05, 0.1) is 35.3 Å². The maximum absolute atomic E-state index is 13.4. The van der Waals surface area contributed by atoms with E-state index in [0.29, 0.717) is 5.56 Å². The first kappa shape index (κ1) is 20.2. The minimum atomic E-state index is -0.955. The van der Waals surface area contributed by atoms with E-state index in [4.69, 9.17) is 5.73 Å². The fourth-order valence-corrected chi connectivity index (χ4v) is 4.21. The summed E-state index contributed by atoms with van der Waals surface area (Å²) in [4.78, 5) is 38.4. The van der Waals surface area contributed by atoms with Crippen LogP contribution in [0.4, 0.5) is 4.39 Å². The Kier molecular flexibility index (Phi) is 5.43. The highest BCUT2D eigenvalue weighted by molar-refractivity contribution is 8.07. The number of fused-ring (bicyclic) bond motifs is 1. The quantitative estimate of drug-likeness (QED) is 0.712. The fraction of sp³-hybridized carbons (Fsp3) is 0.158. The lowest BCUT2D eigenvalue weighted by molar-refractivity contribution is -0.135. The maximum atomic E-state index is 13.4. The molecule has 0 aromatic heterocycles. The molecule has 29 heavy (non-hydrogen) atoms. The van der Waals surface area contributed by atoms with Gasteiger partial charge in [0.1, 0.15) is 16.5 Å². The zero-order valence-electron chi connectivity index (χ0n) is 15.4. The lowest BCUT2D eigenvalue weighted by atomic mass is 9.82. The number of carbonyl (C=O) groups is 3. The van der Waals surface area contributed by atoms with Crippen molar-refractivity contribution in [2.24, 2.45) is 5.73 Å². The van der Waals surface area contributed by atoms with Gasteiger partial charge in [0.2, 0.25) is 0 Å². The number of likely N-dealkylation sites (N-methyl/N-ethyl adjacent to an activating group) is 1. The van der Waals surface area contributed by atoms with Crippen molar-refractivity contribution in [2.45, 2.75) is 5.92 Å². The third-order valence-corrected chi connectivity index (χ3v) is 5.49. The number of esters is 1. The Labute approximate surface area is 169 Å². The van der Waals surface area contributed by atoms with Crippen LogP contribution in [0.25, 0.3) is 0 Å². The van der Waals surface area contributed by atoms with Crippen molar-refractivity contribution >= 4 is 29.5 Å². The molecule has 0 saturated heterocycles. The minimum absolute atomic E-state index is 0.0313. The SMILES string of the molecule is CNC(=O)C1=C2SC(C(=O)OC)=CC(=O)N2C(N)=C(C#N)[C@@H]1c1ccc(F)cc1. The Hall–Kier alpha value is -3.58. The number of rotatable bonds is 3. The number of nitrogens with one attached hydrogen (secondary N) is 1. The van der Waals surface area contributed by atoms with E-state index in [1.807, 2.05) is 6.07 Å². The molecule has 2 amide bonds. The van der Waals surface area contributed by atoms with Crippen LogP contribution >= 0.6 is 11.8 Å². The van der Waals surface area contributed by atoms with Crippen molar-refractivity contribution in [3.05, 3.63) is 68.6 Å². The molecular formula is C19H15FN4O4S. The molecule has 3 N–H and O–H groups in total. The van der Waals surface area contributed by atoms with Crippen molar-refractivity contribution in [3.63, 3.8) is 0 Å². The Balaban J connectivity index is 2.30. The van der Waals surface area contributed by atoms with E-state index in [9.17, 15) is 24.0 Å². The average Bonchev–Trinajstić information content (AvgIpc) is 2.72. The Morgan fingerprint density at radius 1 is 1.34 bits per heavy atom. The van der Waals surface area contributed by atoms with Crippen LogP contribution in [0.3, 0.4) is 0 Å². The number of ether oxygens (including phenoxy) is 1. The molecule has 1 aromatic rings. The molecule has 0 fully saturated rings. The van der Waals surface area contributed by atoms with Gasteiger partial charge in [-0.05, 0) is 17.7 Å². The van der Waals surface area contributed by atoms with Crippen molar-refractivity contribution in [2.75, 3.05) is 14.2 Å². The summed E-state index contributed by atoms with van der Waals surface area (Å²) in [6, 6.07) is 7.19. The number of hydrogen-bond donors (Lipinski definition) is 2. The Morgan fingerprint density at radius 3 is 2.55 bits per heavy atom. The number of benzene rings is 1. The summed E-state index contributed by atoms with van der Waals surface area (Å²) in [5, 5.41) is 12.3. The first-order chi connectivity index (χ1) is 13.8. The number of hydrogen-bond acceptors (Lipinski definition) is 7. The molecule has 10 heteroatoms. The number of halogens is 1. The number of nitrogens with zero attached hydrogens (tertiary/aromatic N) is 2. The van der Waals surface area contributed by atoms with Crippen LogP contribution in [0.2, 0.25) is 0 Å². The van der Waals surface area contributed by atoms with E-state index in [1.165, 1.54) is 38.4 Å². The summed E-state index contributed by atoms with van der Waals surface area (Å²) in [6.07, 6.45) is 1.03. The number of thioether (sulfide) groups is 1. The molecule has 2 aliphatic heterocycles. The van der Waals surface area contributed by atoms with Crippen LogP contribution < -0.4 is 11.1 Å². The van der Waals surface area contributed by atoms with E-state index in [0.717, 1.165) is 22.7 Å². The van der Waals surface area contributed by atoms with Gasteiger partial charge in [0, 0.05) is 13.1 Å². The Morgan fingerprint density at radius 2 is 2.00 bits per heavy atom. The highest BCUT2D eigenvalue weighted by Gasteiger charge is 2.43. The van der Waals surface area contributed by atoms with Crippen LogP contribution in [0.15, 0.2) is 57.2 Å². The smallest absolute Gasteiger partial charge is 0.344 e. The molecule has 148 valence electrons. The van der Waals surface area contributed by atoms with Crippen LogP contribution in [-0.4, -0.2) is 36.8 Å². The molecule has 3 rings (SSSR count). The zero-order chi connectivity index (χ0) is 21.3. The maximum Gasteiger partial charge on any atom is 0.344 e. The van der Waals surface area contributed by atoms with Crippen LogP contribution in [0.1, 0.15) is 11.5 Å². The molecule has 0 spiro atoms. The second-order valence-electron chi connectivity index (χ2n) is 5.97. The van der Waals surface area contributed by atoms with Gasteiger partial charge in [-0.3, -0.25) is 14.5 Å². The van der Waals surface area contributed by atoms with E-state index >= 15 is 0 Å². The standard InChI is InChI=1S/C19H15FN4O4S/c1-23-17(26)15-14(9-3-5-10(20)6-4-9)11(8-21)16(22)24-13(25)7-12(19(27)28-2)29-18(15)24/h3-7,14H,22H2,1-2H3,(H,23,26)/t14-/m0/s1. The van der Waals surface area contributed by atoms with E-state index in [-0.39, 0.29) is 26.9 Å². The molecule has 8 nitrogen and oxygen atoms in total. The lowest BCUT2D eigenvalue weighted by Gasteiger charge is -2.37. The summed E-state index contributed by atoms with van der Waals surface area (Å²) in [5.41, 5.74) is 6.54. The molecule has 1 atom stereocenters. The molecule has 0 unspecified atom stereocenters. The summed E-state index contributed by atoms with van der Waals surface area (Å²) < 4.78 is 18.1. The van der Waals surface area contributed by atoms with Crippen molar-refractivity contribution in [3.8, 4) is 6.07 Å². The number of nitriles is 1. The summed E-state index contributed by atoms with van der Waals surface area (Å²) in [5.74, 6) is -3.63. The molecule has 1 aromatic carbocycles. The monoisotopic (exact) mass is 414 g/mol. The van der Waals surface area contributed by atoms with Gasteiger partial charge >= 0.3 is 5.97 Å². The molecule has 0 radical (unpaired) electrons. The number of methoxy groups -OCH3 is 1. The number of allylic oxidation sites excluding steroid dienone is 1. The van der Waals surface area contributed by atoms with Crippen molar-refractivity contribution < 1.29 is 23.5 Å². The molecule has 0 saturated carbocycles. The summed E-state index contributed by atoms with van der Waals surface area (Å²) in [6.45, 7) is 0. The van der Waals surface area contributed by atoms with E-state index in [1.54, 1.807) is 0 Å². The van der Waals surface area contributed by atoms with Gasteiger partial charge in [0.15, 0.2) is 0 Å². The van der Waals surface area contributed by atoms with E-state index in [2.05, 4.69) is 10.1 Å². The molecule has 2 aliphatic rings. The van der Waals surface area contributed by atoms with E-state index < -0.39 is 29.5 Å². The van der Waals surface area contributed by atoms with Gasteiger partial charge in [-0.15, -0.1) is 0 Å². The largest absolute Gasteiger partial charge is 0.465 e. The number of carbonyl (C=O) groups excluding carboxylic acids is 3. The molecule has 0 aliphatic carbocycles. The second kappa shape index (κ2) is 7.81. The predicted molar refractivity (Wildman–Crippen MR) is 102 cm³/mol. The van der Waals surface area contributed by atoms with Crippen LogP contribution in [-0.2, 0) is 19.1 Å². The van der Waals surface area contributed by atoms with Crippen LogP contribution in [0, 0.1) is 17.1 Å². The predicted octanol–water partition coefficient (Wildman–Crippen LogP) is 1.21. The molecule has 2 heterocycles. The van der Waals surface area contributed by atoms with Crippen LogP contribution in [0.5, 0.6) is 0 Å². The van der Waals surface area contributed by atoms with Gasteiger partial charge in [0.25, 0.3) is 11.8 Å². The normalized spacial score (nSPS) is 18.7. The third-order valence-electron chi connectivity index (χ3n) is 4.39. The first-order valence-corrected chi connectivity index (χ1v) is 9.09. The number of amides is 2. The van der Waals surface area contributed by atoms with Gasteiger partial charge in [-0.25, -0.2) is 9.18 Å². The summed E-state index contributed by atoms with van der Waals surface area (Å²) >= 11 is 0.834. The van der Waals surface area contributed by atoms with Gasteiger partial charge in [-0.2, -0.15) is 5.26 Å².